The molecular formula is C20H23N5O4. The number of amides is 2. The third-order valence-electron chi connectivity index (χ3n) is 4.84. The number of phenols is 1. The lowest BCUT2D eigenvalue weighted by Crippen LogP contribution is -2.61. The van der Waals surface area contributed by atoms with Crippen LogP contribution in [-0.4, -0.2) is 63.5 Å². The largest absolute Gasteiger partial charge is 0.507 e. The highest BCUT2D eigenvalue weighted by molar-refractivity contribution is 6.03. The van der Waals surface area contributed by atoms with Crippen molar-refractivity contribution in [1.29, 1.82) is 0 Å². The third kappa shape index (κ3) is 3.67. The molecule has 4 rings (SSSR count). The number of piperazine rings is 1. The van der Waals surface area contributed by atoms with Gasteiger partial charge in [-0.2, -0.15) is 0 Å². The Bertz CT molecular complexity index is 972. The molecule has 0 saturated carbocycles. The number of aromatic nitrogens is 2. The van der Waals surface area contributed by atoms with E-state index in [1.54, 1.807) is 35.2 Å². The maximum absolute atomic E-state index is 12.6. The highest BCUT2D eigenvalue weighted by atomic mass is 16.6. The van der Waals surface area contributed by atoms with Gasteiger partial charge in [-0.1, -0.05) is 12.1 Å². The summed E-state index contributed by atoms with van der Waals surface area (Å²) >= 11 is 0. The van der Waals surface area contributed by atoms with Crippen molar-refractivity contribution in [3.63, 3.8) is 0 Å². The minimum absolute atomic E-state index is 0.105. The van der Waals surface area contributed by atoms with E-state index in [9.17, 15) is 14.7 Å². The number of benzene rings is 1. The smallest absolute Gasteiger partial charge is 0.410 e. The Labute approximate surface area is 168 Å². The molecule has 1 atom stereocenters. The number of carbonyl (C=O) groups is 2. The Morgan fingerprint density at radius 1 is 1.24 bits per heavy atom. The van der Waals surface area contributed by atoms with E-state index in [2.05, 4.69) is 15.5 Å². The topological polar surface area (TPSA) is 108 Å². The molecule has 2 aliphatic heterocycles. The molecule has 2 aromatic rings. The van der Waals surface area contributed by atoms with E-state index in [4.69, 9.17) is 4.74 Å². The second-order valence-electron chi connectivity index (χ2n) is 8.11. The monoisotopic (exact) mass is 397 g/mol. The van der Waals surface area contributed by atoms with Gasteiger partial charge in [0.1, 0.15) is 17.4 Å². The molecule has 1 aromatic carbocycles. The van der Waals surface area contributed by atoms with Crippen molar-refractivity contribution in [3.8, 4) is 17.0 Å². The lowest BCUT2D eigenvalue weighted by Gasteiger charge is -2.44. The van der Waals surface area contributed by atoms with Gasteiger partial charge in [-0.25, -0.2) is 4.79 Å². The van der Waals surface area contributed by atoms with Crippen molar-refractivity contribution in [3.05, 3.63) is 30.3 Å². The molecule has 2 N–H and O–H groups in total. The minimum Gasteiger partial charge on any atom is -0.507 e. The van der Waals surface area contributed by atoms with E-state index in [1.807, 2.05) is 25.7 Å². The summed E-state index contributed by atoms with van der Waals surface area (Å²) in [5.41, 5.74) is 1.18. The molecule has 0 bridgehead atoms. The fourth-order valence-corrected chi connectivity index (χ4v) is 3.50. The van der Waals surface area contributed by atoms with Gasteiger partial charge in [-0.3, -0.25) is 4.79 Å². The summed E-state index contributed by atoms with van der Waals surface area (Å²) in [6, 6.07) is 8.13. The molecule has 1 fully saturated rings. The summed E-state index contributed by atoms with van der Waals surface area (Å²) in [5.74, 6) is 0.236. The molecule has 9 nitrogen and oxygen atoms in total. The molecule has 0 aliphatic carbocycles. The van der Waals surface area contributed by atoms with E-state index in [0.717, 1.165) is 0 Å². The average Bonchev–Trinajstić information content (AvgIpc) is 2.67. The average molecular weight is 397 g/mol. The van der Waals surface area contributed by atoms with Crippen LogP contribution in [0, 0.1) is 0 Å². The highest BCUT2D eigenvalue weighted by Crippen LogP contribution is 2.36. The van der Waals surface area contributed by atoms with E-state index in [-0.39, 0.29) is 18.2 Å². The molecule has 3 heterocycles. The van der Waals surface area contributed by atoms with Gasteiger partial charge in [0.2, 0.25) is 5.91 Å². The number of rotatable bonds is 1. The van der Waals surface area contributed by atoms with Crippen LogP contribution in [0.4, 0.5) is 16.3 Å². The normalized spacial score (nSPS) is 18.6. The molecule has 152 valence electrons. The van der Waals surface area contributed by atoms with Crippen molar-refractivity contribution in [1.82, 2.24) is 15.1 Å². The van der Waals surface area contributed by atoms with E-state index in [1.165, 1.54) is 0 Å². The van der Waals surface area contributed by atoms with Gasteiger partial charge < -0.3 is 25.0 Å². The van der Waals surface area contributed by atoms with Gasteiger partial charge in [0.15, 0.2) is 5.82 Å². The summed E-state index contributed by atoms with van der Waals surface area (Å²) in [4.78, 5) is 28.5. The maximum Gasteiger partial charge on any atom is 0.410 e. The van der Waals surface area contributed by atoms with Gasteiger partial charge in [0.05, 0.1) is 17.9 Å². The van der Waals surface area contributed by atoms with Crippen molar-refractivity contribution in [2.45, 2.75) is 32.4 Å². The lowest BCUT2D eigenvalue weighted by molar-refractivity contribution is -0.118. The summed E-state index contributed by atoms with van der Waals surface area (Å²) in [7, 11) is 0. The fraction of sp³-hybridized carbons (Fsp3) is 0.400. The second kappa shape index (κ2) is 6.91. The molecule has 29 heavy (non-hydrogen) atoms. The van der Waals surface area contributed by atoms with Crippen LogP contribution in [0.3, 0.4) is 0 Å². The van der Waals surface area contributed by atoms with Gasteiger partial charge in [0.25, 0.3) is 0 Å². The highest BCUT2D eigenvalue weighted by Gasteiger charge is 2.40. The summed E-state index contributed by atoms with van der Waals surface area (Å²) < 4.78 is 5.44. The number of para-hydroxylation sites is 1. The predicted octanol–water partition coefficient (Wildman–Crippen LogP) is 2.23. The van der Waals surface area contributed by atoms with Crippen LogP contribution in [0.1, 0.15) is 20.8 Å². The first-order valence-electron chi connectivity index (χ1n) is 9.44. The fourth-order valence-electron chi connectivity index (χ4n) is 3.50. The predicted molar refractivity (Wildman–Crippen MR) is 107 cm³/mol. The van der Waals surface area contributed by atoms with E-state index >= 15 is 0 Å². The molecule has 2 aliphatic rings. The first-order chi connectivity index (χ1) is 13.7. The Morgan fingerprint density at radius 3 is 2.72 bits per heavy atom. The van der Waals surface area contributed by atoms with Gasteiger partial charge >= 0.3 is 6.09 Å². The lowest BCUT2D eigenvalue weighted by atomic mass is 10.1. The van der Waals surface area contributed by atoms with Crippen molar-refractivity contribution in [2.75, 3.05) is 29.9 Å². The van der Waals surface area contributed by atoms with Crippen molar-refractivity contribution < 1.29 is 19.4 Å². The Kier molecular flexibility index (Phi) is 4.52. The quantitative estimate of drug-likeness (QED) is 0.760. The number of nitrogens with one attached hydrogen (secondary N) is 1. The summed E-state index contributed by atoms with van der Waals surface area (Å²) in [5, 5.41) is 21.2. The number of nitrogens with zero attached hydrogens (tertiary/aromatic N) is 4. The van der Waals surface area contributed by atoms with Crippen molar-refractivity contribution in [2.24, 2.45) is 0 Å². The number of ether oxygens (including phenoxy) is 1. The number of hydrogen-bond acceptors (Lipinski definition) is 7. The zero-order valence-corrected chi connectivity index (χ0v) is 16.5. The molecule has 1 aromatic heterocycles. The minimum atomic E-state index is -0.599. The molecule has 1 saturated heterocycles. The molecular weight excluding hydrogens is 374 g/mol. The molecule has 2 amide bonds. The standard InChI is InChI=1S/C20H23N5O4/c1-20(2,3)29-19(28)24-8-9-25-14-10-13(12-6-4-5-7-16(12)26)22-23-17(14)21-18(27)15(25)11-24/h4-7,10,15,26H,8-9,11H2,1-3H3,(H,21,23,27). The van der Waals surface area contributed by atoms with Crippen molar-refractivity contribution >= 4 is 23.5 Å². The van der Waals surface area contributed by atoms with E-state index < -0.39 is 17.7 Å². The Hall–Kier alpha value is -3.36. The Morgan fingerprint density at radius 2 is 2.00 bits per heavy atom. The number of carbonyl (C=O) groups excluding carboxylic acids is 2. The first-order valence-corrected chi connectivity index (χ1v) is 9.44. The Balaban J connectivity index is 1.61. The number of anilines is 2. The second-order valence-corrected chi connectivity index (χ2v) is 8.11. The van der Waals surface area contributed by atoms with Crippen LogP contribution in [0.15, 0.2) is 30.3 Å². The first kappa shape index (κ1) is 19.0. The number of hydrogen-bond donors (Lipinski definition) is 2. The third-order valence-corrected chi connectivity index (χ3v) is 4.84. The van der Waals surface area contributed by atoms with Crippen LogP contribution in [0.25, 0.3) is 11.3 Å². The summed E-state index contributed by atoms with van der Waals surface area (Å²) in [6.07, 6.45) is -0.432. The maximum atomic E-state index is 12.6. The zero-order chi connectivity index (χ0) is 20.8. The van der Waals surface area contributed by atoms with Crippen LogP contribution >= 0.6 is 0 Å². The van der Waals surface area contributed by atoms with Crippen LogP contribution in [0.5, 0.6) is 5.75 Å². The van der Waals surface area contributed by atoms with Crippen LogP contribution < -0.4 is 10.2 Å². The number of phenolic OH excluding ortho intramolecular Hbond substituents is 1. The number of aromatic hydroxyl groups is 1. The van der Waals surface area contributed by atoms with Gasteiger partial charge in [-0.05, 0) is 39.0 Å². The van der Waals surface area contributed by atoms with Gasteiger partial charge in [0, 0.05) is 18.7 Å². The molecule has 9 heteroatoms. The zero-order valence-electron chi connectivity index (χ0n) is 16.5. The van der Waals surface area contributed by atoms with Crippen LogP contribution in [0.2, 0.25) is 0 Å². The molecule has 0 radical (unpaired) electrons. The SMILES string of the molecule is CC(C)(C)OC(=O)N1CCN2c3cc(-c4ccccc4O)nnc3NC(=O)C2C1. The summed E-state index contributed by atoms with van der Waals surface area (Å²) in [6.45, 7) is 6.52. The van der Waals surface area contributed by atoms with E-state index in [0.29, 0.717) is 35.9 Å². The number of fused-ring (bicyclic) bond motifs is 3. The molecule has 0 spiro atoms. The van der Waals surface area contributed by atoms with Crippen LogP contribution in [-0.2, 0) is 9.53 Å². The molecule has 1 unspecified atom stereocenters. The van der Waals surface area contributed by atoms with Gasteiger partial charge in [-0.15, -0.1) is 10.2 Å².